The van der Waals surface area contributed by atoms with Gasteiger partial charge in [-0.15, -0.1) is 0 Å². The third-order valence-corrected chi connectivity index (χ3v) is 3.17. The van der Waals surface area contributed by atoms with Crippen LogP contribution in [-0.4, -0.2) is 16.2 Å². The maximum absolute atomic E-state index is 5.21. The summed E-state index contributed by atoms with van der Waals surface area (Å²) in [7, 11) is 0. The van der Waals surface area contributed by atoms with Crippen molar-refractivity contribution in [1.82, 2.24) is 15.5 Å². The summed E-state index contributed by atoms with van der Waals surface area (Å²) in [6, 6.07) is 0.473. The van der Waals surface area contributed by atoms with Crippen LogP contribution in [0.4, 0.5) is 0 Å². The van der Waals surface area contributed by atoms with Crippen LogP contribution in [0.3, 0.4) is 0 Å². The molecule has 0 saturated heterocycles. The van der Waals surface area contributed by atoms with Gasteiger partial charge in [0.05, 0.1) is 6.54 Å². The summed E-state index contributed by atoms with van der Waals surface area (Å²) >= 11 is 0. The van der Waals surface area contributed by atoms with Gasteiger partial charge in [-0.3, -0.25) is 0 Å². The molecule has 0 unspecified atom stereocenters. The molecule has 0 bridgehead atoms. The molecule has 4 heteroatoms. The first-order valence-electron chi connectivity index (χ1n) is 6.57. The smallest absolute Gasteiger partial charge is 0.240 e. The average molecular weight is 239 g/mol. The SMILES string of the molecule is CC[C@@H](C)[C@@H](C)NCc1nc(CC(C)C)no1. The fourth-order valence-electron chi connectivity index (χ4n) is 1.61. The Labute approximate surface area is 104 Å². The molecule has 1 N–H and O–H groups in total. The molecule has 0 aliphatic rings. The van der Waals surface area contributed by atoms with E-state index in [0.717, 1.165) is 12.2 Å². The number of aromatic nitrogens is 2. The van der Waals surface area contributed by atoms with Crippen LogP contribution in [0.2, 0.25) is 0 Å². The lowest BCUT2D eigenvalue weighted by Crippen LogP contribution is -2.31. The first kappa shape index (κ1) is 14.2. The number of nitrogens with one attached hydrogen (secondary N) is 1. The van der Waals surface area contributed by atoms with Gasteiger partial charge in [0.15, 0.2) is 5.82 Å². The third-order valence-electron chi connectivity index (χ3n) is 3.17. The lowest BCUT2D eigenvalue weighted by molar-refractivity contribution is 0.330. The maximum Gasteiger partial charge on any atom is 0.240 e. The van der Waals surface area contributed by atoms with E-state index in [4.69, 9.17) is 4.52 Å². The van der Waals surface area contributed by atoms with Crippen molar-refractivity contribution in [3.05, 3.63) is 11.7 Å². The van der Waals surface area contributed by atoms with E-state index in [1.54, 1.807) is 0 Å². The molecule has 0 aliphatic carbocycles. The summed E-state index contributed by atoms with van der Waals surface area (Å²) in [5.74, 6) is 2.73. The number of hydrogen-bond acceptors (Lipinski definition) is 4. The molecule has 1 aromatic heterocycles. The minimum absolute atomic E-state index is 0.473. The van der Waals surface area contributed by atoms with Crippen molar-refractivity contribution in [2.45, 2.75) is 60.0 Å². The largest absolute Gasteiger partial charge is 0.338 e. The second kappa shape index (κ2) is 6.74. The zero-order valence-electron chi connectivity index (χ0n) is 11.7. The summed E-state index contributed by atoms with van der Waals surface area (Å²) < 4.78 is 5.21. The van der Waals surface area contributed by atoms with Crippen LogP contribution in [-0.2, 0) is 13.0 Å². The Morgan fingerprint density at radius 2 is 1.94 bits per heavy atom. The van der Waals surface area contributed by atoms with E-state index in [1.807, 2.05) is 0 Å². The van der Waals surface area contributed by atoms with Gasteiger partial charge in [-0.1, -0.05) is 39.3 Å². The van der Waals surface area contributed by atoms with E-state index in [9.17, 15) is 0 Å². The maximum atomic E-state index is 5.21. The molecule has 0 amide bonds. The molecule has 17 heavy (non-hydrogen) atoms. The Morgan fingerprint density at radius 1 is 1.24 bits per heavy atom. The molecule has 0 aliphatic heterocycles. The fraction of sp³-hybridized carbons (Fsp3) is 0.846. The summed E-state index contributed by atoms with van der Waals surface area (Å²) in [5, 5.41) is 7.39. The van der Waals surface area contributed by atoms with E-state index in [1.165, 1.54) is 6.42 Å². The van der Waals surface area contributed by atoms with Crippen LogP contribution >= 0.6 is 0 Å². The van der Waals surface area contributed by atoms with E-state index in [-0.39, 0.29) is 0 Å². The minimum atomic E-state index is 0.473. The normalized spacial score (nSPS) is 15.2. The molecule has 1 rings (SSSR count). The molecule has 98 valence electrons. The molecule has 0 aromatic carbocycles. The minimum Gasteiger partial charge on any atom is -0.338 e. The van der Waals surface area contributed by atoms with Crippen molar-refractivity contribution in [3.8, 4) is 0 Å². The van der Waals surface area contributed by atoms with E-state index in [0.29, 0.717) is 30.3 Å². The first-order chi connectivity index (χ1) is 8.02. The van der Waals surface area contributed by atoms with E-state index in [2.05, 4.69) is 50.1 Å². The van der Waals surface area contributed by atoms with Crippen LogP contribution in [0.1, 0.15) is 52.8 Å². The van der Waals surface area contributed by atoms with Gasteiger partial charge in [0.1, 0.15) is 0 Å². The Bertz CT molecular complexity index is 322. The van der Waals surface area contributed by atoms with Gasteiger partial charge in [-0.25, -0.2) is 0 Å². The Balaban J connectivity index is 2.39. The van der Waals surface area contributed by atoms with Crippen molar-refractivity contribution < 1.29 is 4.52 Å². The molecule has 1 heterocycles. The Morgan fingerprint density at radius 3 is 2.53 bits per heavy atom. The highest BCUT2D eigenvalue weighted by Crippen LogP contribution is 2.08. The molecule has 2 atom stereocenters. The molecule has 0 radical (unpaired) electrons. The molecular formula is C13H25N3O. The quantitative estimate of drug-likeness (QED) is 0.795. The third kappa shape index (κ3) is 4.86. The van der Waals surface area contributed by atoms with Crippen molar-refractivity contribution in [2.75, 3.05) is 0 Å². The molecular weight excluding hydrogens is 214 g/mol. The molecule has 0 fully saturated rings. The number of nitrogens with zero attached hydrogens (tertiary/aromatic N) is 2. The zero-order valence-corrected chi connectivity index (χ0v) is 11.7. The monoisotopic (exact) mass is 239 g/mol. The molecule has 0 saturated carbocycles. The summed E-state index contributed by atoms with van der Waals surface area (Å²) in [4.78, 5) is 4.37. The van der Waals surface area contributed by atoms with Gasteiger partial charge in [0, 0.05) is 12.5 Å². The summed E-state index contributed by atoms with van der Waals surface area (Å²) in [6.45, 7) is 11.6. The predicted octanol–water partition coefficient (Wildman–Crippen LogP) is 2.79. The molecule has 0 spiro atoms. The average Bonchev–Trinajstić information content (AvgIpc) is 2.71. The van der Waals surface area contributed by atoms with Crippen LogP contribution in [0.25, 0.3) is 0 Å². The molecule has 4 nitrogen and oxygen atoms in total. The van der Waals surface area contributed by atoms with Crippen LogP contribution in [0.15, 0.2) is 4.52 Å². The predicted molar refractivity (Wildman–Crippen MR) is 68.6 cm³/mol. The summed E-state index contributed by atoms with van der Waals surface area (Å²) in [6.07, 6.45) is 2.06. The van der Waals surface area contributed by atoms with Gasteiger partial charge in [-0.2, -0.15) is 4.98 Å². The lowest BCUT2D eigenvalue weighted by atomic mass is 10.0. The topological polar surface area (TPSA) is 51.0 Å². The van der Waals surface area contributed by atoms with Gasteiger partial charge >= 0.3 is 0 Å². The first-order valence-corrected chi connectivity index (χ1v) is 6.57. The van der Waals surface area contributed by atoms with Crippen molar-refractivity contribution in [2.24, 2.45) is 11.8 Å². The number of rotatable bonds is 7. The van der Waals surface area contributed by atoms with Gasteiger partial charge in [0.25, 0.3) is 0 Å². The van der Waals surface area contributed by atoms with Gasteiger partial charge in [-0.05, 0) is 18.8 Å². The highest BCUT2D eigenvalue weighted by Gasteiger charge is 2.12. The zero-order chi connectivity index (χ0) is 12.8. The van der Waals surface area contributed by atoms with Crippen LogP contribution in [0.5, 0.6) is 0 Å². The van der Waals surface area contributed by atoms with Crippen molar-refractivity contribution in [1.29, 1.82) is 0 Å². The Hall–Kier alpha value is -0.900. The van der Waals surface area contributed by atoms with Crippen molar-refractivity contribution >= 4 is 0 Å². The van der Waals surface area contributed by atoms with Gasteiger partial charge in [0.2, 0.25) is 5.89 Å². The van der Waals surface area contributed by atoms with Crippen molar-refractivity contribution in [3.63, 3.8) is 0 Å². The standard InChI is InChI=1S/C13H25N3O/c1-6-10(4)11(5)14-8-13-15-12(16-17-13)7-9(2)3/h9-11,14H,6-8H2,1-5H3/t10-,11-/m1/s1. The second-order valence-corrected chi connectivity index (χ2v) is 5.26. The second-order valence-electron chi connectivity index (χ2n) is 5.26. The molecule has 1 aromatic rings. The van der Waals surface area contributed by atoms with Crippen LogP contribution < -0.4 is 5.32 Å². The number of hydrogen-bond donors (Lipinski definition) is 1. The van der Waals surface area contributed by atoms with Crippen LogP contribution in [0, 0.1) is 11.8 Å². The highest BCUT2D eigenvalue weighted by molar-refractivity contribution is 4.87. The fourth-order valence-corrected chi connectivity index (χ4v) is 1.61. The van der Waals surface area contributed by atoms with E-state index < -0.39 is 0 Å². The summed E-state index contributed by atoms with van der Waals surface area (Å²) in [5.41, 5.74) is 0. The lowest BCUT2D eigenvalue weighted by Gasteiger charge is -2.18. The van der Waals surface area contributed by atoms with Gasteiger partial charge < -0.3 is 9.84 Å². The Kier molecular flexibility index (Phi) is 5.62. The highest BCUT2D eigenvalue weighted by atomic mass is 16.5. The van der Waals surface area contributed by atoms with E-state index >= 15 is 0 Å².